The van der Waals surface area contributed by atoms with Gasteiger partial charge in [-0.15, -0.1) is 0 Å². The van der Waals surface area contributed by atoms with Crippen LogP contribution in [0.5, 0.6) is 0 Å². The molecule has 0 saturated carbocycles. The largest absolute Gasteiger partial charge is 0.378 e. The molecule has 2 fully saturated rings. The lowest BCUT2D eigenvalue weighted by Gasteiger charge is -2.48. The minimum absolute atomic E-state index is 0.0516. The first kappa shape index (κ1) is 17.2. The van der Waals surface area contributed by atoms with E-state index in [4.69, 9.17) is 9.47 Å². The monoisotopic (exact) mass is 355 g/mol. The molecule has 2 aliphatic heterocycles. The third kappa shape index (κ3) is 3.04. The fraction of sp³-hybridized carbons (Fsp3) is 0.500. The van der Waals surface area contributed by atoms with Crippen molar-refractivity contribution in [2.24, 2.45) is 0 Å². The van der Waals surface area contributed by atoms with Crippen molar-refractivity contribution >= 4 is 5.91 Å². The van der Waals surface area contributed by atoms with Crippen LogP contribution >= 0.6 is 0 Å². The second-order valence-corrected chi connectivity index (χ2v) is 7.04. The average Bonchev–Trinajstić information content (AvgIpc) is 3.23. The molecule has 0 N–H and O–H groups in total. The number of carbonyl (C=O) groups excluding carboxylic acids is 1. The summed E-state index contributed by atoms with van der Waals surface area (Å²) in [5.74, 6) is 0.0516. The molecule has 3 heterocycles. The van der Waals surface area contributed by atoms with Crippen molar-refractivity contribution in [2.45, 2.75) is 37.4 Å². The van der Waals surface area contributed by atoms with Crippen LogP contribution in [0.15, 0.2) is 42.7 Å². The van der Waals surface area contributed by atoms with E-state index in [0.29, 0.717) is 18.7 Å². The Morgan fingerprint density at radius 1 is 1.27 bits per heavy atom. The van der Waals surface area contributed by atoms with Crippen molar-refractivity contribution in [1.82, 2.24) is 14.7 Å². The molecule has 2 aliphatic rings. The maximum atomic E-state index is 13.2. The standard InChI is InChI=1S/C20H25N3O3/c1-25-18-8-4-15-26-20(18)9-13-22(14-10-20)19(24)16-6-2-3-7-17(16)23-12-5-11-21-23/h2-3,5-7,11-12,18H,4,8-10,13-15H2,1H3/t18-/m1/s1. The van der Waals surface area contributed by atoms with Gasteiger partial charge in [-0.25, -0.2) is 4.68 Å². The molecule has 0 aliphatic carbocycles. The minimum atomic E-state index is -0.231. The van der Waals surface area contributed by atoms with Gasteiger partial charge in [-0.3, -0.25) is 4.79 Å². The van der Waals surface area contributed by atoms with Crippen molar-refractivity contribution in [1.29, 1.82) is 0 Å². The van der Waals surface area contributed by atoms with E-state index in [1.807, 2.05) is 41.4 Å². The molecule has 0 unspecified atom stereocenters. The zero-order chi connectivity index (χ0) is 18.0. The molecule has 4 rings (SSSR count). The third-order valence-electron chi connectivity index (χ3n) is 5.65. The predicted octanol–water partition coefficient (Wildman–Crippen LogP) is 2.67. The average molecular weight is 355 g/mol. The van der Waals surface area contributed by atoms with Gasteiger partial charge < -0.3 is 14.4 Å². The van der Waals surface area contributed by atoms with Crippen LogP contribution in [-0.2, 0) is 9.47 Å². The summed E-state index contributed by atoms with van der Waals surface area (Å²) in [5.41, 5.74) is 1.26. The molecule has 26 heavy (non-hydrogen) atoms. The molecule has 6 nitrogen and oxygen atoms in total. The number of likely N-dealkylation sites (tertiary alicyclic amines) is 1. The lowest BCUT2D eigenvalue weighted by molar-refractivity contribution is -0.183. The first-order valence-electron chi connectivity index (χ1n) is 9.28. The van der Waals surface area contributed by atoms with Gasteiger partial charge in [0.1, 0.15) is 0 Å². The fourth-order valence-corrected chi connectivity index (χ4v) is 4.22. The molecule has 138 valence electrons. The predicted molar refractivity (Wildman–Crippen MR) is 97.4 cm³/mol. The zero-order valence-electron chi connectivity index (χ0n) is 15.1. The summed E-state index contributed by atoms with van der Waals surface area (Å²) in [6.07, 6.45) is 7.42. The van der Waals surface area contributed by atoms with Crippen LogP contribution < -0.4 is 0 Å². The first-order valence-corrected chi connectivity index (χ1v) is 9.28. The number of hydrogen-bond donors (Lipinski definition) is 0. The molecule has 1 atom stereocenters. The van der Waals surface area contributed by atoms with Crippen LogP contribution in [0.25, 0.3) is 5.69 Å². The number of carbonyl (C=O) groups is 1. The van der Waals surface area contributed by atoms with Crippen LogP contribution in [0.2, 0.25) is 0 Å². The number of hydrogen-bond acceptors (Lipinski definition) is 4. The maximum absolute atomic E-state index is 13.2. The Morgan fingerprint density at radius 3 is 2.81 bits per heavy atom. The summed E-state index contributed by atoms with van der Waals surface area (Å²) in [4.78, 5) is 15.1. The quantitative estimate of drug-likeness (QED) is 0.849. The second-order valence-electron chi connectivity index (χ2n) is 7.04. The molecule has 1 amide bonds. The van der Waals surface area contributed by atoms with E-state index in [9.17, 15) is 4.79 Å². The van der Waals surface area contributed by atoms with E-state index in [1.54, 1.807) is 18.0 Å². The molecular formula is C20H25N3O3. The van der Waals surface area contributed by atoms with Gasteiger partial charge in [0.05, 0.1) is 23.0 Å². The molecule has 2 aromatic rings. The number of benzene rings is 1. The number of piperidine rings is 1. The highest BCUT2D eigenvalue weighted by atomic mass is 16.5. The number of aromatic nitrogens is 2. The van der Waals surface area contributed by atoms with E-state index in [1.165, 1.54) is 0 Å². The van der Waals surface area contributed by atoms with Gasteiger partial charge in [0.25, 0.3) is 5.91 Å². The van der Waals surface area contributed by atoms with Gasteiger partial charge >= 0.3 is 0 Å². The Morgan fingerprint density at radius 2 is 2.08 bits per heavy atom. The number of methoxy groups -OCH3 is 1. The Kier molecular flexibility index (Phi) is 4.78. The lowest BCUT2D eigenvalue weighted by atomic mass is 9.81. The summed E-state index contributed by atoms with van der Waals surface area (Å²) in [7, 11) is 1.76. The van der Waals surface area contributed by atoms with E-state index in [0.717, 1.165) is 38.0 Å². The molecule has 2 saturated heterocycles. The number of para-hydroxylation sites is 1. The molecular weight excluding hydrogens is 330 g/mol. The van der Waals surface area contributed by atoms with Gasteiger partial charge in [0, 0.05) is 39.2 Å². The summed E-state index contributed by atoms with van der Waals surface area (Å²) in [6.45, 7) is 2.16. The van der Waals surface area contributed by atoms with Gasteiger partial charge in [-0.1, -0.05) is 12.1 Å². The maximum Gasteiger partial charge on any atom is 0.256 e. The Bertz CT molecular complexity index is 751. The first-order chi connectivity index (χ1) is 12.7. The van der Waals surface area contributed by atoms with E-state index in [2.05, 4.69) is 5.10 Å². The van der Waals surface area contributed by atoms with Crippen molar-refractivity contribution in [3.8, 4) is 5.69 Å². The highest BCUT2D eigenvalue weighted by molar-refractivity contribution is 5.97. The smallest absolute Gasteiger partial charge is 0.256 e. The van der Waals surface area contributed by atoms with Crippen molar-refractivity contribution in [3.63, 3.8) is 0 Å². The Hall–Kier alpha value is -2.18. The summed E-state index contributed by atoms with van der Waals surface area (Å²) >= 11 is 0. The number of amides is 1. The highest BCUT2D eigenvalue weighted by Crippen LogP contribution is 2.37. The van der Waals surface area contributed by atoms with E-state index in [-0.39, 0.29) is 17.6 Å². The summed E-state index contributed by atoms with van der Waals surface area (Å²) < 4.78 is 13.6. The highest BCUT2D eigenvalue weighted by Gasteiger charge is 2.45. The van der Waals surface area contributed by atoms with E-state index >= 15 is 0 Å². The molecule has 0 bridgehead atoms. The third-order valence-corrected chi connectivity index (χ3v) is 5.65. The molecule has 1 spiro atoms. The van der Waals surface area contributed by atoms with Crippen molar-refractivity contribution < 1.29 is 14.3 Å². The zero-order valence-corrected chi connectivity index (χ0v) is 15.1. The molecule has 1 aromatic carbocycles. The Balaban J connectivity index is 1.51. The lowest BCUT2D eigenvalue weighted by Crippen LogP contribution is -2.56. The van der Waals surface area contributed by atoms with Crippen LogP contribution in [0.3, 0.4) is 0 Å². The van der Waals surface area contributed by atoms with Crippen molar-refractivity contribution in [3.05, 3.63) is 48.3 Å². The minimum Gasteiger partial charge on any atom is -0.378 e. The van der Waals surface area contributed by atoms with Crippen LogP contribution in [0.4, 0.5) is 0 Å². The molecule has 0 radical (unpaired) electrons. The van der Waals surface area contributed by atoms with Gasteiger partial charge in [0.15, 0.2) is 0 Å². The van der Waals surface area contributed by atoms with Crippen molar-refractivity contribution in [2.75, 3.05) is 26.8 Å². The summed E-state index contributed by atoms with van der Waals surface area (Å²) in [5, 5.41) is 4.27. The number of nitrogens with zero attached hydrogens (tertiary/aromatic N) is 3. The van der Waals surface area contributed by atoms with Gasteiger partial charge in [0.2, 0.25) is 0 Å². The van der Waals surface area contributed by atoms with Crippen LogP contribution in [0.1, 0.15) is 36.0 Å². The fourth-order valence-electron chi connectivity index (χ4n) is 4.22. The molecule has 1 aromatic heterocycles. The molecule has 6 heteroatoms. The Labute approximate surface area is 153 Å². The number of ether oxygens (including phenoxy) is 2. The topological polar surface area (TPSA) is 56.6 Å². The summed E-state index contributed by atoms with van der Waals surface area (Å²) in [6, 6.07) is 9.49. The normalized spacial score (nSPS) is 22.5. The van der Waals surface area contributed by atoms with E-state index < -0.39 is 0 Å². The SMILES string of the molecule is CO[C@@H]1CCCOC12CCN(C(=O)c1ccccc1-n1cccn1)CC2. The second kappa shape index (κ2) is 7.21. The van der Waals surface area contributed by atoms with Crippen LogP contribution in [0, 0.1) is 0 Å². The van der Waals surface area contributed by atoms with Gasteiger partial charge in [-0.2, -0.15) is 5.10 Å². The van der Waals surface area contributed by atoms with Crippen LogP contribution in [-0.4, -0.2) is 59.1 Å². The number of rotatable bonds is 3. The van der Waals surface area contributed by atoms with Gasteiger partial charge in [-0.05, 0) is 43.9 Å².